The van der Waals surface area contributed by atoms with Crippen molar-refractivity contribution in [2.75, 3.05) is 19.4 Å². The van der Waals surface area contributed by atoms with E-state index in [1.54, 1.807) is 0 Å². The molecule has 1 atom stereocenters. The Kier molecular flexibility index (Phi) is 5.23. The molecule has 0 saturated heterocycles. The number of para-hydroxylation sites is 1. The van der Waals surface area contributed by atoms with Crippen LogP contribution in [0.5, 0.6) is 0 Å². The summed E-state index contributed by atoms with van der Waals surface area (Å²) in [6.45, 7) is 1.46. The van der Waals surface area contributed by atoms with Gasteiger partial charge in [-0.2, -0.15) is 0 Å². The van der Waals surface area contributed by atoms with Crippen molar-refractivity contribution in [1.82, 2.24) is 10.2 Å². The Labute approximate surface area is 120 Å². The minimum atomic E-state index is -1.37. The summed E-state index contributed by atoms with van der Waals surface area (Å²) in [6, 6.07) is 1.71. The topological polar surface area (TPSA) is 98.7 Å². The minimum absolute atomic E-state index is 0.350. The van der Waals surface area contributed by atoms with Gasteiger partial charge in [0.15, 0.2) is 0 Å². The van der Waals surface area contributed by atoms with E-state index < -0.39 is 29.5 Å². The summed E-state index contributed by atoms with van der Waals surface area (Å²) in [4.78, 5) is 35.6. The maximum absolute atomic E-state index is 13.6. The number of benzene rings is 1. The Morgan fingerprint density at radius 1 is 1.29 bits per heavy atom. The second kappa shape index (κ2) is 6.69. The van der Waals surface area contributed by atoms with Gasteiger partial charge in [-0.1, -0.05) is 6.07 Å². The van der Waals surface area contributed by atoms with E-state index in [1.165, 1.54) is 32.0 Å². The van der Waals surface area contributed by atoms with Crippen LogP contribution in [0.3, 0.4) is 0 Å². The molecule has 1 aromatic rings. The largest absolute Gasteiger partial charge is 0.478 e. The SMILES string of the molecule is CC(NC(=O)Nc1c(F)cccc1C(=O)O)C(=O)N(C)C. The van der Waals surface area contributed by atoms with Crippen LogP contribution in [0.15, 0.2) is 18.2 Å². The molecule has 3 amide bonds. The fraction of sp³-hybridized carbons (Fsp3) is 0.308. The number of rotatable bonds is 4. The molecule has 1 rings (SSSR count). The molecular weight excluding hydrogens is 281 g/mol. The van der Waals surface area contributed by atoms with E-state index in [0.717, 1.165) is 12.1 Å². The van der Waals surface area contributed by atoms with Crippen molar-refractivity contribution in [3.8, 4) is 0 Å². The Bertz CT molecular complexity index is 575. The number of hydrogen-bond donors (Lipinski definition) is 3. The van der Waals surface area contributed by atoms with Crippen LogP contribution in [0.25, 0.3) is 0 Å². The van der Waals surface area contributed by atoms with Crippen molar-refractivity contribution in [1.29, 1.82) is 0 Å². The molecule has 8 heteroatoms. The average Bonchev–Trinajstić information content (AvgIpc) is 2.39. The second-order valence-corrected chi connectivity index (χ2v) is 4.52. The monoisotopic (exact) mass is 297 g/mol. The van der Waals surface area contributed by atoms with Crippen molar-refractivity contribution in [3.05, 3.63) is 29.6 Å². The molecular formula is C13H16FN3O4. The summed E-state index contributed by atoms with van der Waals surface area (Å²) in [5.74, 6) is -2.60. The maximum atomic E-state index is 13.6. The first-order chi connectivity index (χ1) is 9.73. The van der Waals surface area contributed by atoms with Crippen LogP contribution in [0.1, 0.15) is 17.3 Å². The van der Waals surface area contributed by atoms with Gasteiger partial charge in [0.05, 0.1) is 11.3 Å². The zero-order valence-electron chi connectivity index (χ0n) is 11.8. The van der Waals surface area contributed by atoms with Gasteiger partial charge in [-0.25, -0.2) is 14.0 Å². The minimum Gasteiger partial charge on any atom is -0.478 e. The predicted octanol–water partition coefficient (Wildman–Crippen LogP) is 1.12. The first kappa shape index (κ1) is 16.4. The molecule has 0 radical (unpaired) electrons. The number of anilines is 1. The lowest BCUT2D eigenvalue weighted by Gasteiger charge is -2.18. The third-order valence-corrected chi connectivity index (χ3v) is 2.64. The lowest BCUT2D eigenvalue weighted by atomic mass is 10.1. The zero-order valence-corrected chi connectivity index (χ0v) is 11.8. The maximum Gasteiger partial charge on any atom is 0.337 e. The van der Waals surface area contributed by atoms with Gasteiger partial charge in [-0.3, -0.25) is 4.79 Å². The first-order valence-corrected chi connectivity index (χ1v) is 6.04. The number of carbonyl (C=O) groups is 3. The molecule has 0 aliphatic heterocycles. The van der Waals surface area contributed by atoms with Gasteiger partial charge in [-0.05, 0) is 19.1 Å². The Hall–Kier alpha value is -2.64. The van der Waals surface area contributed by atoms with E-state index in [4.69, 9.17) is 5.11 Å². The highest BCUT2D eigenvalue weighted by atomic mass is 19.1. The lowest BCUT2D eigenvalue weighted by molar-refractivity contribution is -0.130. The normalized spacial score (nSPS) is 11.4. The van der Waals surface area contributed by atoms with Gasteiger partial charge in [0.2, 0.25) is 5.91 Å². The molecule has 7 nitrogen and oxygen atoms in total. The number of urea groups is 1. The van der Waals surface area contributed by atoms with E-state index in [0.29, 0.717) is 0 Å². The molecule has 0 aromatic heterocycles. The molecule has 0 spiro atoms. The van der Waals surface area contributed by atoms with Crippen molar-refractivity contribution in [2.24, 2.45) is 0 Å². The Morgan fingerprint density at radius 3 is 2.43 bits per heavy atom. The molecule has 3 N–H and O–H groups in total. The number of amides is 3. The summed E-state index contributed by atoms with van der Waals surface area (Å²) in [5, 5.41) is 13.4. The number of carboxylic acids is 1. The fourth-order valence-corrected chi connectivity index (χ4v) is 1.62. The van der Waals surface area contributed by atoms with Crippen molar-refractivity contribution in [2.45, 2.75) is 13.0 Å². The summed E-state index contributed by atoms with van der Waals surface area (Å²) in [5.41, 5.74) is -0.830. The van der Waals surface area contributed by atoms with Crippen LogP contribution in [0.2, 0.25) is 0 Å². The molecule has 21 heavy (non-hydrogen) atoms. The van der Waals surface area contributed by atoms with Crippen LogP contribution in [0, 0.1) is 5.82 Å². The van der Waals surface area contributed by atoms with Gasteiger partial charge in [0.1, 0.15) is 11.9 Å². The average molecular weight is 297 g/mol. The molecule has 0 bridgehead atoms. The van der Waals surface area contributed by atoms with Crippen LogP contribution in [-0.2, 0) is 4.79 Å². The number of halogens is 1. The summed E-state index contributed by atoms with van der Waals surface area (Å²) in [6.07, 6.45) is 0. The number of aromatic carboxylic acids is 1. The number of likely N-dealkylation sites (N-methyl/N-ethyl adjacent to an activating group) is 1. The molecule has 0 aliphatic rings. The van der Waals surface area contributed by atoms with Gasteiger partial charge >= 0.3 is 12.0 Å². The fourth-order valence-electron chi connectivity index (χ4n) is 1.62. The number of carbonyl (C=O) groups excluding carboxylic acids is 2. The van der Waals surface area contributed by atoms with Gasteiger partial charge < -0.3 is 20.6 Å². The summed E-state index contributed by atoms with van der Waals surface area (Å²) in [7, 11) is 3.05. The van der Waals surface area contributed by atoms with E-state index >= 15 is 0 Å². The highest BCUT2D eigenvalue weighted by molar-refractivity contribution is 6.01. The third kappa shape index (κ3) is 4.16. The quantitative estimate of drug-likeness (QED) is 0.775. The molecule has 1 unspecified atom stereocenters. The standard InChI is InChI=1S/C13H16FN3O4/c1-7(11(18)17(2)3)15-13(21)16-10-8(12(19)20)5-4-6-9(10)14/h4-7H,1-3H3,(H,19,20)(H2,15,16,21). The molecule has 0 fully saturated rings. The molecule has 114 valence electrons. The molecule has 1 aromatic carbocycles. The van der Waals surface area contributed by atoms with E-state index in [2.05, 4.69) is 10.6 Å². The lowest BCUT2D eigenvalue weighted by Crippen LogP contribution is -2.46. The van der Waals surface area contributed by atoms with Crippen LogP contribution >= 0.6 is 0 Å². The van der Waals surface area contributed by atoms with E-state index in [1.807, 2.05) is 0 Å². The molecule has 0 saturated carbocycles. The highest BCUT2D eigenvalue weighted by Gasteiger charge is 2.20. The number of hydrogen-bond acceptors (Lipinski definition) is 3. The molecule has 0 heterocycles. The van der Waals surface area contributed by atoms with Crippen molar-refractivity contribution >= 4 is 23.6 Å². The third-order valence-electron chi connectivity index (χ3n) is 2.64. The summed E-state index contributed by atoms with van der Waals surface area (Å²) >= 11 is 0. The van der Waals surface area contributed by atoms with Gasteiger partial charge in [0.25, 0.3) is 0 Å². The van der Waals surface area contributed by atoms with Gasteiger partial charge in [0, 0.05) is 14.1 Å². The van der Waals surface area contributed by atoms with Crippen LogP contribution in [0.4, 0.5) is 14.9 Å². The predicted molar refractivity (Wildman–Crippen MR) is 73.7 cm³/mol. The Balaban J connectivity index is 2.85. The van der Waals surface area contributed by atoms with Crippen LogP contribution < -0.4 is 10.6 Å². The Morgan fingerprint density at radius 2 is 1.90 bits per heavy atom. The van der Waals surface area contributed by atoms with Gasteiger partial charge in [-0.15, -0.1) is 0 Å². The smallest absolute Gasteiger partial charge is 0.337 e. The van der Waals surface area contributed by atoms with E-state index in [9.17, 15) is 18.8 Å². The zero-order chi connectivity index (χ0) is 16.2. The molecule has 0 aliphatic carbocycles. The first-order valence-electron chi connectivity index (χ1n) is 6.04. The van der Waals surface area contributed by atoms with Crippen LogP contribution in [-0.4, -0.2) is 48.1 Å². The number of nitrogens with one attached hydrogen (secondary N) is 2. The van der Waals surface area contributed by atoms with E-state index in [-0.39, 0.29) is 11.5 Å². The second-order valence-electron chi connectivity index (χ2n) is 4.52. The van der Waals surface area contributed by atoms with Crippen molar-refractivity contribution in [3.63, 3.8) is 0 Å². The number of nitrogens with zero attached hydrogens (tertiary/aromatic N) is 1. The summed E-state index contributed by atoms with van der Waals surface area (Å²) < 4.78 is 13.6. The van der Waals surface area contributed by atoms with Crippen molar-refractivity contribution < 1.29 is 23.9 Å². The highest BCUT2D eigenvalue weighted by Crippen LogP contribution is 2.19. The number of carboxylic acid groups (broad SMARTS) is 1.